The molecule has 6 heteroatoms. The molecule has 24 heavy (non-hydrogen) atoms. The van der Waals surface area contributed by atoms with Gasteiger partial charge in [0.25, 0.3) is 5.56 Å². The van der Waals surface area contributed by atoms with Gasteiger partial charge in [-0.15, -0.1) is 5.92 Å². The van der Waals surface area contributed by atoms with Gasteiger partial charge in [0.05, 0.1) is 4.90 Å². The molecule has 0 saturated carbocycles. The van der Waals surface area contributed by atoms with E-state index >= 15 is 0 Å². The monoisotopic (exact) mass is 345 g/mol. The minimum absolute atomic E-state index is 0.0997. The Morgan fingerprint density at radius 1 is 1.25 bits per heavy atom. The molecule has 0 unspecified atom stereocenters. The van der Waals surface area contributed by atoms with E-state index in [-0.39, 0.29) is 17.1 Å². The summed E-state index contributed by atoms with van der Waals surface area (Å²) in [5.74, 6) is 6.07. The summed E-state index contributed by atoms with van der Waals surface area (Å²) in [4.78, 5) is 12.1. The maximum atomic E-state index is 11.9. The van der Waals surface area contributed by atoms with Gasteiger partial charge >= 0.3 is 0 Å². The highest BCUT2D eigenvalue weighted by Crippen LogP contribution is 2.32. The number of aromatic nitrogens is 1. The van der Waals surface area contributed by atoms with Crippen LogP contribution in [0.5, 0.6) is 5.75 Å². The normalized spacial score (nSPS) is 10.8. The Hall–Kier alpha value is -2.52. The average Bonchev–Trinajstić information content (AvgIpc) is 2.51. The molecule has 2 aromatic rings. The first-order chi connectivity index (χ1) is 11.2. The zero-order valence-electron chi connectivity index (χ0n) is 14.1. The molecule has 0 fully saturated rings. The van der Waals surface area contributed by atoms with Gasteiger partial charge in [-0.05, 0) is 38.1 Å². The van der Waals surface area contributed by atoms with Crippen molar-refractivity contribution in [1.82, 2.24) is 4.57 Å². The minimum atomic E-state index is -3.36. The zero-order chi connectivity index (χ0) is 17.9. The molecule has 0 bridgehead atoms. The molecular weight excluding hydrogens is 326 g/mol. The highest BCUT2D eigenvalue weighted by atomic mass is 32.2. The molecule has 1 heterocycles. The summed E-state index contributed by atoms with van der Waals surface area (Å²) in [6, 6.07) is 6.40. The van der Waals surface area contributed by atoms with Crippen LogP contribution in [0.3, 0.4) is 0 Å². The lowest BCUT2D eigenvalue weighted by atomic mass is 10.0. The van der Waals surface area contributed by atoms with Crippen molar-refractivity contribution in [2.75, 3.05) is 12.9 Å². The summed E-state index contributed by atoms with van der Waals surface area (Å²) >= 11 is 0. The summed E-state index contributed by atoms with van der Waals surface area (Å²) in [6.07, 6.45) is 2.82. The second-order valence-electron chi connectivity index (χ2n) is 5.47. The molecular formula is C18H19NO4S. The van der Waals surface area contributed by atoms with Gasteiger partial charge in [0.2, 0.25) is 0 Å². The van der Waals surface area contributed by atoms with E-state index in [0.717, 1.165) is 6.26 Å². The molecule has 0 spiro atoms. The molecule has 126 valence electrons. The van der Waals surface area contributed by atoms with Gasteiger partial charge < -0.3 is 9.30 Å². The lowest BCUT2D eigenvalue weighted by molar-refractivity contribution is 0.371. The average molecular weight is 345 g/mol. The van der Waals surface area contributed by atoms with Crippen LogP contribution in [-0.2, 0) is 16.9 Å². The molecule has 2 rings (SSSR count). The first-order valence-electron chi connectivity index (χ1n) is 7.28. The molecule has 0 aliphatic rings. The number of benzene rings is 1. The lowest BCUT2D eigenvalue weighted by Gasteiger charge is -2.13. The van der Waals surface area contributed by atoms with Crippen molar-refractivity contribution in [3.63, 3.8) is 0 Å². The molecule has 1 aromatic carbocycles. The summed E-state index contributed by atoms with van der Waals surface area (Å²) in [5.41, 5.74) is 1.78. The molecule has 0 aliphatic heterocycles. The van der Waals surface area contributed by atoms with Gasteiger partial charge in [-0.1, -0.05) is 5.92 Å². The van der Waals surface area contributed by atoms with Crippen LogP contribution in [0.15, 0.2) is 40.2 Å². The topological polar surface area (TPSA) is 65.4 Å². The van der Waals surface area contributed by atoms with Crippen molar-refractivity contribution in [3.8, 4) is 28.7 Å². The van der Waals surface area contributed by atoms with Crippen LogP contribution >= 0.6 is 0 Å². The third kappa shape index (κ3) is 3.87. The number of hydrogen-bond acceptors (Lipinski definition) is 4. The van der Waals surface area contributed by atoms with Crippen LogP contribution in [0.25, 0.3) is 11.1 Å². The predicted molar refractivity (Wildman–Crippen MR) is 93.9 cm³/mol. The SMILES string of the molecule is CC#CCOc1ccc(S(C)(=O)=O)cc1-c1cc(C)c(=O)n(C)c1. The third-order valence-corrected chi connectivity index (χ3v) is 4.64. The summed E-state index contributed by atoms with van der Waals surface area (Å²) in [5, 5.41) is 0. The van der Waals surface area contributed by atoms with Crippen LogP contribution in [0.2, 0.25) is 0 Å². The number of sulfone groups is 1. The largest absolute Gasteiger partial charge is 0.480 e. The molecule has 1 aromatic heterocycles. The molecule has 0 radical (unpaired) electrons. The molecule has 0 N–H and O–H groups in total. The van der Waals surface area contributed by atoms with Crippen LogP contribution in [0.1, 0.15) is 12.5 Å². The maximum Gasteiger partial charge on any atom is 0.253 e. The molecule has 0 saturated heterocycles. The predicted octanol–water partition coefficient (Wildman–Crippen LogP) is 2.17. The second-order valence-corrected chi connectivity index (χ2v) is 7.49. The lowest BCUT2D eigenvalue weighted by Crippen LogP contribution is -2.18. The van der Waals surface area contributed by atoms with Crippen molar-refractivity contribution >= 4 is 9.84 Å². The van der Waals surface area contributed by atoms with Crippen LogP contribution in [0.4, 0.5) is 0 Å². The quantitative estimate of drug-likeness (QED) is 0.797. The zero-order valence-corrected chi connectivity index (χ0v) is 14.9. The van der Waals surface area contributed by atoms with E-state index in [1.165, 1.54) is 10.6 Å². The summed E-state index contributed by atoms with van der Waals surface area (Å²) in [6.45, 7) is 3.63. The minimum Gasteiger partial charge on any atom is -0.480 e. The first kappa shape index (κ1) is 17.8. The van der Waals surface area contributed by atoms with E-state index in [9.17, 15) is 13.2 Å². The van der Waals surface area contributed by atoms with Gasteiger partial charge in [0.1, 0.15) is 12.4 Å². The number of ether oxygens (including phenoxy) is 1. The first-order valence-corrected chi connectivity index (χ1v) is 9.17. The fourth-order valence-corrected chi connectivity index (χ4v) is 2.95. The highest BCUT2D eigenvalue weighted by Gasteiger charge is 2.14. The fourth-order valence-electron chi connectivity index (χ4n) is 2.30. The van der Waals surface area contributed by atoms with Crippen LogP contribution in [0, 0.1) is 18.8 Å². The van der Waals surface area contributed by atoms with Crippen LogP contribution in [-0.4, -0.2) is 25.8 Å². The van der Waals surface area contributed by atoms with E-state index in [1.807, 2.05) is 0 Å². The summed E-state index contributed by atoms with van der Waals surface area (Å²) in [7, 11) is -1.70. The van der Waals surface area contributed by atoms with E-state index in [1.54, 1.807) is 45.3 Å². The van der Waals surface area contributed by atoms with E-state index < -0.39 is 9.84 Å². The Kier molecular flexibility index (Phi) is 5.15. The standard InChI is InChI=1S/C18H19NO4S/c1-5-6-9-23-17-8-7-15(24(4,21)22)11-16(17)14-10-13(2)18(20)19(3)12-14/h7-8,10-12H,9H2,1-4H3. The number of pyridine rings is 1. The van der Waals surface area contributed by atoms with Crippen molar-refractivity contribution in [2.45, 2.75) is 18.7 Å². The van der Waals surface area contributed by atoms with Crippen molar-refractivity contribution in [3.05, 3.63) is 46.4 Å². The Labute approximate surface area is 141 Å². The fraction of sp³-hybridized carbons (Fsp3) is 0.278. The van der Waals surface area contributed by atoms with Crippen molar-refractivity contribution in [1.29, 1.82) is 0 Å². The molecule has 0 aliphatic carbocycles. The van der Waals surface area contributed by atoms with Crippen molar-refractivity contribution in [2.24, 2.45) is 7.05 Å². The van der Waals surface area contributed by atoms with Crippen molar-refractivity contribution < 1.29 is 13.2 Å². The van der Waals surface area contributed by atoms with E-state index in [2.05, 4.69) is 11.8 Å². The Balaban J connectivity index is 2.67. The molecule has 0 amide bonds. The Morgan fingerprint density at radius 2 is 1.96 bits per heavy atom. The number of aryl methyl sites for hydroxylation is 2. The number of nitrogens with zero attached hydrogens (tertiary/aromatic N) is 1. The molecule has 0 atom stereocenters. The van der Waals surface area contributed by atoms with Crippen LogP contribution < -0.4 is 10.3 Å². The third-order valence-electron chi connectivity index (χ3n) is 3.53. The highest BCUT2D eigenvalue weighted by molar-refractivity contribution is 7.90. The van der Waals surface area contributed by atoms with Gasteiger partial charge in [-0.3, -0.25) is 4.79 Å². The van der Waals surface area contributed by atoms with Gasteiger partial charge in [-0.25, -0.2) is 8.42 Å². The number of rotatable bonds is 4. The van der Waals surface area contributed by atoms with Gasteiger partial charge in [-0.2, -0.15) is 0 Å². The smallest absolute Gasteiger partial charge is 0.253 e. The number of hydrogen-bond donors (Lipinski definition) is 0. The Morgan fingerprint density at radius 3 is 2.54 bits per heavy atom. The van der Waals surface area contributed by atoms with Gasteiger partial charge in [0, 0.05) is 36.2 Å². The Bertz CT molecular complexity index is 966. The second kappa shape index (κ2) is 6.93. The van der Waals surface area contributed by atoms with Gasteiger partial charge in [0.15, 0.2) is 9.84 Å². The van der Waals surface area contributed by atoms with E-state index in [0.29, 0.717) is 22.4 Å². The van der Waals surface area contributed by atoms with E-state index in [4.69, 9.17) is 4.74 Å². The molecule has 5 nitrogen and oxygen atoms in total. The summed E-state index contributed by atoms with van der Waals surface area (Å²) < 4.78 is 30.8. The maximum absolute atomic E-state index is 11.9.